The van der Waals surface area contributed by atoms with E-state index in [0.29, 0.717) is 12.5 Å². The molecule has 2 rings (SSSR count). The second kappa shape index (κ2) is 8.20. The highest BCUT2D eigenvalue weighted by Crippen LogP contribution is 2.26. The summed E-state index contributed by atoms with van der Waals surface area (Å²) in [5, 5.41) is 4.70. The molecule has 0 aliphatic carbocycles. The van der Waals surface area contributed by atoms with Crippen molar-refractivity contribution in [3.63, 3.8) is 0 Å². The number of nitrogens with one attached hydrogen (secondary N) is 1. The van der Waals surface area contributed by atoms with Crippen molar-refractivity contribution in [1.82, 2.24) is 5.32 Å². The van der Waals surface area contributed by atoms with Gasteiger partial charge in [0.25, 0.3) is 0 Å². The van der Waals surface area contributed by atoms with E-state index >= 15 is 0 Å². The minimum Gasteiger partial charge on any atom is -0.458 e. The van der Waals surface area contributed by atoms with Crippen molar-refractivity contribution >= 4 is 11.0 Å². The van der Waals surface area contributed by atoms with Crippen LogP contribution in [-0.4, -0.2) is 13.2 Å². The summed E-state index contributed by atoms with van der Waals surface area (Å²) < 4.78 is 11.7. The van der Waals surface area contributed by atoms with Crippen molar-refractivity contribution in [2.45, 2.75) is 46.8 Å². The quantitative estimate of drug-likeness (QED) is 0.690. The number of unbranched alkanes of at least 4 members (excludes halogenated alkanes) is 1. The van der Waals surface area contributed by atoms with E-state index in [1.165, 1.54) is 10.9 Å². The van der Waals surface area contributed by atoms with Crippen LogP contribution >= 0.6 is 0 Å². The van der Waals surface area contributed by atoms with Crippen LogP contribution in [0.1, 0.15) is 44.9 Å². The second-order valence-electron chi connectivity index (χ2n) is 5.93. The van der Waals surface area contributed by atoms with Gasteiger partial charge in [0.15, 0.2) is 0 Å². The summed E-state index contributed by atoms with van der Waals surface area (Å²) in [6.45, 7) is 9.81. The Morgan fingerprint density at radius 1 is 1.24 bits per heavy atom. The van der Waals surface area contributed by atoms with Crippen LogP contribution in [0.4, 0.5) is 0 Å². The van der Waals surface area contributed by atoms with E-state index in [-0.39, 0.29) is 0 Å². The van der Waals surface area contributed by atoms with Gasteiger partial charge in [-0.05, 0) is 24.9 Å². The topological polar surface area (TPSA) is 34.4 Å². The van der Waals surface area contributed by atoms with Gasteiger partial charge in [0, 0.05) is 24.1 Å². The van der Waals surface area contributed by atoms with Crippen molar-refractivity contribution in [2.75, 3.05) is 13.2 Å². The first kappa shape index (κ1) is 16.1. The van der Waals surface area contributed by atoms with Crippen LogP contribution in [0, 0.1) is 5.92 Å². The van der Waals surface area contributed by atoms with Crippen molar-refractivity contribution in [2.24, 2.45) is 5.92 Å². The van der Waals surface area contributed by atoms with Crippen LogP contribution in [-0.2, 0) is 17.9 Å². The second-order valence-corrected chi connectivity index (χ2v) is 5.93. The Labute approximate surface area is 127 Å². The number of benzene rings is 1. The molecule has 0 saturated heterocycles. The molecule has 3 nitrogen and oxygen atoms in total. The molecule has 0 bridgehead atoms. The van der Waals surface area contributed by atoms with Gasteiger partial charge in [-0.15, -0.1) is 0 Å². The van der Waals surface area contributed by atoms with Gasteiger partial charge in [-0.1, -0.05) is 45.4 Å². The van der Waals surface area contributed by atoms with Crippen LogP contribution in [0.25, 0.3) is 11.0 Å². The standard InChI is InChI=1S/C18H27NO2/c1-4-5-10-20-13-18-16(12-19-11-14(2)3)15-8-6-7-9-17(15)21-18/h6-9,14,19H,4-5,10-13H2,1-3H3. The maximum Gasteiger partial charge on any atom is 0.135 e. The van der Waals surface area contributed by atoms with Gasteiger partial charge in [0.1, 0.15) is 18.0 Å². The third kappa shape index (κ3) is 4.58. The SMILES string of the molecule is CCCCOCc1oc2ccccc2c1CNCC(C)C. The zero-order valence-corrected chi connectivity index (χ0v) is 13.4. The fraction of sp³-hybridized carbons (Fsp3) is 0.556. The summed E-state index contributed by atoms with van der Waals surface area (Å²) in [4.78, 5) is 0. The lowest BCUT2D eigenvalue weighted by atomic mass is 10.1. The molecular formula is C18H27NO2. The maximum atomic E-state index is 5.97. The molecule has 0 saturated carbocycles. The number of para-hydroxylation sites is 1. The van der Waals surface area contributed by atoms with Crippen LogP contribution in [0.5, 0.6) is 0 Å². The van der Waals surface area contributed by atoms with Gasteiger partial charge < -0.3 is 14.5 Å². The molecule has 0 fully saturated rings. The zero-order valence-electron chi connectivity index (χ0n) is 13.4. The maximum absolute atomic E-state index is 5.97. The van der Waals surface area contributed by atoms with Crippen molar-refractivity contribution < 1.29 is 9.15 Å². The molecule has 2 aromatic rings. The van der Waals surface area contributed by atoms with Gasteiger partial charge in [0.05, 0.1) is 0 Å². The fourth-order valence-corrected chi connectivity index (χ4v) is 2.36. The number of rotatable bonds is 9. The Bertz CT molecular complexity index is 545. The average Bonchev–Trinajstić information content (AvgIpc) is 2.81. The van der Waals surface area contributed by atoms with Crippen LogP contribution < -0.4 is 5.32 Å². The predicted molar refractivity (Wildman–Crippen MR) is 87.3 cm³/mol. The van der Waals surface area contributed by atoms with E-state index < -0.39 is 0 Å². The molecule has 0 atom stereocenters. The van der Waals surface area contributed by atoms with E-state index in [2.05, 4.69) is 38.2 Å². The van der Waals surface area contributed by atoms with Gasteiger partial charge >= 0.3 is 0 Å². The lowest BCUT2D eigenvalue weighted by Crippen LogP contribution is -2.19. The third-order valence-corrected chi connectivity index (χ3v) is 3.51. The first-order valence-electron chi connectivity index (χ1n) is 8.00. The summed E-state index contributed by atoms with van der Waals surface area (Å²) in [6, 6.07) is 8.22. The van der Waals surface area contributed by atoms with Gasteiger partial charge in [-0.2, -0.15) is 0 Å². The van der Waals surface area contributed by atoms with Crippen LogP contribution in [0.2, 0.25) is 0 Å². The lowest BCUT2D eigenvalue weighted by Gasteiger charge is -2.08. The lowest BCUT2D eigenvalue weighted by molar-refractivity contribution is 0.104. The molecule has 0 radical (unpaired) electrons. The van der Waals surface area contributed by atoms with Crippen LogP contribution in [0.3, 0.4) is 0 Å². The van der Waals surface area contributed by atoms with Crippen molar-refractivity contribution in [1.29, 1.82) is 0 Å². The number of hydrogen-bond acceptors (Lipinski definition) is 3. The largest absolute Gasteiger partial charge is 0.458 e. The minimum atomic E-state index is 0.563. The molecule has 0 amide bonds. The smallest absolute Gasteiger partial charge is 0.135 e. The van der Waals surface area contributed by atoms with E-state index in [4.69, 9.17) is 9.15 Å². The summed E-state index contributed by atoms with van der Waals surface area (Å²) >= 11 is 0. The molecule has 21 heavy (non-hydrogen) atoms. The first-order chi connectivity index (χ1) is 10.2. The fourth-order valence-electron chi connectivity index (χ4n) is 2.36. The molecule has 1 N–H and O–H groups in total. The third-order valence-electron chi connectivity index (χ3n) is 3.51. The van der Waals surface area contributed by atoms with E-state index in [1.807, 2.05) is 12.1 Å². The molecule has 3 heteroatoms. The molecular weight excluding hydrogens is 262 g/mol. The van der Waals surface area contributed by atoms with Crippen molar-refractivity contribution in [3.05, 3.63) is 35.6 Å². The Hall–Kier alpha value is -1.32. The number of furan rings is 1. The molecule has 1 heterocycles. The molecule has 0 aliphatic heterocycles. The zero-order chi connectivity index (χ0) is 15.1. The van der Waals surface area contributed by atoms with E-state index in [0.717, 1.165) is 43.9 Å². The summed E-state index contributed by atoms with van der Waals surface area (Å²) in [7, 11) is 0. The summed E-state index contributed by atoms with van der Waals surface area (Å²) in [5.41, 5.74) is 2.19. The summed E-state index contributed by atoms with van der Waals surface area (Å²) in [5.74, 6) is 1.61. The molecule has 0 aliphatic rings. The Morgan fingerprint density at radius 3 is 2.81 bits per heavy atom. The van der Waals surface area contributed by atoms with Gasteiger partial charge in [0.2, 0.25) is 0 Å². The highest BCUT2D eigenvalue weighted by molar-refractivity contribution is 5.82. The minimum absolute atomic E-state index is 0.563. The van der Waals surface area contributed by atoms with Crippen molar-refractivity contribution in [3.8, 4) is 0 Å². The van der Waals surface area contributed by atoms with Crippen LogP contribution in [0.15, 0.2) is 28.7 Å². The summed E-state index contributed by atoms with van der Waals surface area (Å²) in [6.07, 6.45) is 2.25. The molecule has 1 aromatic heterocycles. The predicted octanol–water partition coefficient (Wildman–Crippen LogP) is 4.50. The Morgan fingerprint density at radius 2 is 2.05 bits per heavy atom. The Kier molecular flexibility index (Phi) is 6.27. The monoisotopic (exact) mass is 289 g/mol. The Balaban J connectivity index is 2.09. The highest BCUT2D eigenvalue weighted by atomic mass is 16.5. The highest BCUT2D eigenvalue weighted by Gasteiger charge is 2.13. The number of hydrogen-bond donors (Lipinski definition) is 1. The van der Waals surface area contributed by atoms with Gasteiger partial charge in [-0.25, -0.2) is 0 Å². The number of fused-ring (bicyclic) bond motifs is 1. The molecule has 1 aromatic carbocycles. The molecule has 116 valence electrons. The number of ether oxygens (including phenoxy) is 1. The van der Waals surface area contributed by atoms with E-state index in [9.17, 15) is 0 Å². The van der Waals surface area contributed by atoms with E-state index in [1.54, 1.807) is 0 Å². The normalized spacial score (nSPS) is 11.6. The molecule has 0 spiro atoms. The van der Waals surface area contributed by atoms with Gasteiger partial charge in [-0.3, -0.25) is 0 Å². The first-order valence-corrected chi connectivity index (χ1v) is 8.00. The average molecular weight is 289 g/mol. The molecule has 0 unspecified atom stereocenters.